The van der Waals surface area contributed by atoms with Crippen molar-refractivity contribution < 1.29 is 28.9 Å². The third kappa shape index (κ3) is 5.41. The molecule has 1 aliphatic carbocycles. The summed E-state index contributed by atoms with van der Waals surface area (Å²) < 4.78 is 22.2. The molecule has 0 unspecified atom stereocenters. The number of hydrogen-bond donors (Lipinski definition) is 3. The molecule has 0 saturated heterocycles. The maximum atomic E-state index is 15.4. The SMILES string of the molecule is Cc1c(-c2cc(F)c3c(c2)N(CC(C)(C)O)CCO3)c(CC(=O)O)n(C)c(=O)c1C(=O)NC1(C)CCCC1. The average Bonchev–Trinajstić information content (AvgIpc) is 3.22. The zero-order valence-corrected chi connectivity index (χ0v) is 22.6. The Labute approximate surface area is 221 Å². The van der Waals surface area contributed by atoms with Crippen LogP contribution in [-0.4, -0.2) is 57.5 Å². The summed E-state index contributed by atoms with van der Waals surface area (Å²) in [4.78, 5) is 40.5. The van der Waals surface area contributed by atoms with Gasteiger partial charge in [-0.2, -0.15) is 0 Å². The fourth-order valence-corrected chi connectivity index (χ4v) is 5.69. The van der Waals surface area contributed by atoms with Crippen molar-refractivity contribution in [2.45, 2.75) is 70.9 Å². The fourth-order valence-electron chi connectivity index (χ4n) is 5.69. The van der Waals surface area contributed by atoms with Crippen LogP contribution in [0.15, 0.2) is 16.9 Å². The van der Waals surface area contributed by atoms with Gasteiger partial charge in [-0.25, -0.2) is 4.39 Å². The summed E-state index contributed by atoms with van der Waals surface area (Å²) in [7, 11) is 1.43. The van der Waals surface area contributed by atoms with Crippen molar-refractivity contribution in [2.24, 2.45) is 7.05 Å². The Morgan fingerprint density at radius 3 is 2.50 bits per heavy atom. The third-order valence-corrected chi connectivity index (χ3v) is 7.47. The standard InChI is InChI=1S/C28H36FN3O6/c1-16-22(17-12-18(29)24-20(13-17)32(10-11-38-24)15-27(2,3)37)19(14-21(33)34)31(5)26(36)23(16)25(35)30-28(4)8-6-7-9-28/h12-13,37H,6-11,14-15H2,1-5H3,(H,30,35)(H,33,34). The highest BCUT2D eigenvalue weighted by molar-refractivity contribution is 5.98. The summed E-state index contributed by atoms with van der Waals surface area (Å²) in [5.74, 6) is -2.31. The third-order valence-electron chi connectivity index (χ3n) is 7.47. The topological polar surface area (TPSA) is 121 Å². The van der Waals surface area contributed by atoms with Crippen molar-refractivity contribution in [2.75, 3.05) is 24.6 Å². The van der Waals surface area contributed by atoms with Crippen molar-refractivity contribution in [3.63, 3.8) is 0 Å². The number of carbonyl (C=O) groups excluding carboxylic acids is 1. The molecule has 38 heavy (non-hydrogen) atoms. The maximum absolute atomic E-state index is 15.4. The van der Waals surface area contributed by atoms with Gasteiger partial charge in [0.05, 0.1) is 24.3 Å². The molecule has 3 N–H and O–H groups in total. The maximum Gasteiger partial charge on any atom is 0.309 e. The number of carboxylic acid groups (broad SMARTS) is 1. The van der Waals surface area contributed by atoms with Gasteiger partial charge >= 0.3 is 5.97 Å². The molecule has 0 atom stereocenters. The smallest absolute Gasteiger partial charge is 0.309 e. The second-order valence-electron chi connectivity index (χ2n) is 11.4. The highest BCUT2D eigenvalue weighted by Gasteiger charge is 2.34. The molecule has 1 aliphatic heterocycles. The molecule has 0 radical (unpaired) electrons. The minimum absolute atomic E-state index is 0.0404. The Morgan fingerprint density at radius 1 is 1.24 bits per heavy atom. The number of carbonyl (C=O) groups is 2. The van der Waals surface area contributed by atoms with E-state index in [-0.39, 0.29) is 35.7 Å². The van der Waals surface area contributed by atoms with Gasteiger partial charge in [0.1, 0.15) is 12.2 Å². The number of benzene rings is 1. The predicted molar refractivity (Wildman–Crippen MR) is 141 cm³/mol. The van der Waals surface area contributed by atoms with E-state index in [1.807, 2.05) is 11.8 Å². The van der Waals surface area contributed by atoms with Crippen LogP contribution in [0.2, 0.25) is 0 Å². The van der Waals surface area contributed by atoms with Crippen LogP contribution >= 0.6 is 0 Å². The van der Waals surface area contributed by atoms with E-state index in [1.165, 1.54) is 17.7 Å². The van der Waals surface area contributed by atoms with Crippen LogP contribution in [-0.2, 0) is 18.3 Å². The number of β-amino-alcohol motifs (C(OH)–C–C–N with tert-alkyl or cyclic N) is 1. The molecule has 9 nitrogen and oxygen atoms in total. The summed E-state index contributed by atoms with van der Waals surface area (Å²) in [5.41, 5.74) is -0.704. The molecule has 2 aliphatic rings. The summed E-state index contributed by atoms with van der Waals surface area (Å²) in [6.07, 6.45) is 3.07. The van der Waals surface area contributed by atoms with Crippen LogP contribution in [0.3, 0.4) is 0 Å². The van der Waals surface area contributed by atoms with Crippen LogP contribution in [0.4, 0.5) is 10.1 Å². The molecule has 0 spiro atoms. The quantitative estimate of drug-likeness (QED) is 0.504. The number of anilines is 1. The second kappa shape index (κ2) is 10.1. The predicted octanol–water partition coefficient (Wildman–Crippen LogP) is 3.16. The lowest BCUT2D eigenvalue weighted by Gasteiger charge is -2.35. The largest absolute Gasteiger partial charge is 0.486 e. The summed E-state index contributed by atoms with van der Waals surface area (Å²) >= 11 is 0. The number of halogens is 1. The first kappa shape index (κ1) is 27.6. The van der Waals surface area contributed by atoms with Gasteiger partial charge in [0.2, 0.25) is 0 Å². The minimum atomic E-state index is -1.17. The highest BCUT2D eigenvalue weighted by Crippen LogP contribution is 2.41. The Kier molecular flexibility index (Phi) is 7.31. The molecule has 206 valence electrons. The molecule has 2 heterocycles. The first-order valence-corrected chi connectivity index (χ1v) is 12.9. The summed E-state index contributed by atoms with van der Waals surface area (Å²) in [6, 6.07) is 2.91. The van der Waals surface area contributed by atoms with E-state index in [4.69, 9.17) is 4.74 Å². The number of hydrogen-bond acceptors (Lipinski definition) is 6. The first-order chi connectivity index (χ1) is 17.7. The Bertz CT molecular complexity index is 1340. The first-order valence-electron chi connectivity index (χ1n) is 12.9. The average molecular weight is 530 g/mol. The monoisotopic (exact) mass is 529 g/mol. The number of ether oxygens (including phenoxy) is 1. The Hall–Kier alpha value is -3.40. The molecule has 1 saturated carbocycles. The number of aromatic nitrogens is 1. The van der Waals surface area contributed by atoms with E-state index < -0.39 is 40.8 Å². The van der Waals surface area contributed by atoms with Crippen molar-refractivity contribution >= 4 is 17.6 Å². The highest BCUT2D eigenvalue weighted by atomic mass is 19.1. The van der Waals surface area contributed by atoms with E-state index >= 15 is 4.39 Å². The zero-order valence-electron chi connectivity index (χ0n) is 22.6. The van der Waals surface area contributed by atoms with Crippen LogP contribution in [0, 0.1) is 12.7 Å². The van der Waals surface area contributed by atoms with Crippen LogP contribution in [0.1, 0.15) is 68.1 Å². The summed E-state index contributed by atoms with van der Waals surface area (Å²) in [5, 5.41) is 23.1. The second-order valence-corrected chi connectivity index (χ2v) is 11.4. The number of amides is 1. The molecule has 0 bridgehead atoms. The van der Waals surface area contributed by atoms with Crippen molar-refractivity contribution in [1.29, 1.82) is 0 Å². The molecule has 4 rings (SSSR count). The fraction of sp³-hybridized carbons (Fsp3) is 0.536. The molecule has 2 aromatic rings. The molecule has 1 amide bonds. The van der Waals surface area contributed by atoms with E-state index in [1.54, 1.807) is 26.8 Å². The zero-order chi connectivity index (χ0) is 28.0. The lowest BCUT2D eigenvalue weighted by atomic mass is 9.92. The Balaban J connectivity index is 1.92. The molecule has 10 heteroatoms. The number of rotatable bonds is 7. The number of aliphatic hydroxyl groups is 1. The number of aliphatic carboxylic acids is 1. The van der Waals surface area contributed by atoms with Gasteiger partial charge in [0.15, 0.2) is 11.6 Å². The molecular weight excluding hydrogens is 493 g/mol. The number of nitrogens with zero attached hydrogens (tertiary/aromatic N) is 2. The van der Waals surface area contributed by atoms with Gasteiger partial charge in [0, 0.05) is 30.4 Å². The normalized spacial score (nSPS) is 16.7. The van der Waals surface area contributed by atoms with E-state index in [9.17, 15) is 24.6 Å². The number of nitrogens with one attached hydrogen (secondary N) is 1. The van der Waals surface area contributed by atoms with Gasteiger partial charge in [-0.3, -0.25) is 14.4 Å². The van der Waals surface area contributed by atoms with Crippen molar-refractivity contribution in [3.8, 4) is 16.9 Å². The van der Waals surface area contributed by atoms with E-state index in [0.717, 1.165) is 25.7 Å². The molecule has 1 aromatic carbocycles. The van der Waals surface area contributed by atoms with Gasteiger partial charge in [0.25, 0.3) is 11.5 Å². The lowest BCUT2D eigenvalue weighted by Crippen LogP contribution is -2.46. The Morgan fingerprint density at radius 2 is 1.89 bits per heavy atom. The van der Waals surface area contributed by atoms with Crippen LogP contribution in [0.5, 0.6) is 5.75 Å². The van der Waals surface area contributed by atoms with Gasteiger partial charge in [-0.1, -0.05) is 12.8 Å². The lowest BCUT2D eigenvalue weighted by molar-refractivity contribution is -0.136. The number of carboxylic acids is 1. The van der Waals surface area contributed by atoms with E-state index in [2.05, 4.69) is 5.32 Å². The van der Waals surface area contributed by atoms with Crippen molar-refractivity contribution in [3.05, 3.63) is 45.1 Å². The molecule has 1 fully saturated rings. The van der Waals surface area contributed by atoms with Crippen LogP contribution in [0.25, 0.3) is 11.1 Å². The number of pyridine rings is 1. The van der Waals surface area contributed by atoms with Crippen molar-refractivity contribution in [1.82, 2.24) is 9.88 Å². The summed E-state index contributed by atoms with van der Waals surface area (Å²) in [6.45, 7) is 7.73. The van der Waals surface area contributed by atoms with Gasteiger partial charge in [-0.05, 0) is 63.8 Å². The van der Waals surface area contributed by atoms with Crippen LogP contribution < -0.4 is 20.5 Å². The van der Waals surface area contributed by atoms with Gasteiger partial charge in [-0.15, -0.1) is 0 Å². The molecule has 1 aromatic heterocycles. The van der Waals surface area contributed by atoms with Gasteiger partial charge < -0.3 is 29.7 Å². The molecular formula is C28H36FN3O6. The number of fused-ring (bicyclic) bond motifs is 1. The minimum Gasteiger partial charge on any atom is -0.486 e. The van der Waals surface area contributed by atoms with E-state index in [0.29, 0.717) is 23.4 Å².